The number of hydroxylamine groups is 1. The van der Waals surface area contributed by atoms with Crippen LogP contribution in [-0.4, -0.2) is 27.5 Å². The third-order valence-corrected chi connectivity index (χ3v) is 5.95. The fourth-order valence-corrected chi connectivity index (χ4v) is 4.00. The molecule has 0 saturated heterocycles. The van der Waals surface area contributed by atoms with Crippen molar-refractivity contribution in [2.75, 3.05) is 6.61 Å². The summed E-state index contributed by atoms with van der Waals surface area (Å²) >= 11 is 0. The molecule has 0 aliphatic carbocycles. The maximum Gasteiger partial charge on any atom is 0.469 e. The van der Waals surface area contributed by atoms with Crippen molar-refractivity contribution in [2.45, 2.75) is 128 Å². The number of amides is 1. The van der Waals surface area contributed by atoms with E-state index in [1.54, 1.807) is 5.48 Å². The SMILES string of the molecule is O=C(CCCCCCCCCCCCCCCCCCCCCOP(=O)(O)O)NO. The van der Waals surface area contributed by atoms with Crippen molar-refractivity contribution in [3.05, 3.63) is 0 Å². The lowest BCUT2D eigenvalue weighted by Crippen LogP contribution is -2.17. The summed E-state index contributed by atoms with van der Waals surface area (Å²) in [7, 11) is -4.28. The van der Waals surface area contributed by atoms with E-state index in [4.69, 9.17) is 15.0 Å². The van der Waals surface area contributed by atoms with Gasteiger partial charge in [0.05, 0.1) is 6.61 Å². The van der Waals surface area contributed by atoms with E-state index in [1.165, 1.54) is 89.9 Å². The molecule has 4 N–H and O–H groups in total. The summed E-state index contributed by atoms with van der Waals surface area (Å²) in [4.78, 5) is 28.0. The van der Waals surface area contributed by atoms with Crippen molar-refractivity contribution < 1.29 is 28.9 Å². The minimum atomic E-state index is -4.28. The maximum atomic E-state index is 10.9. The van der Waals surface area contributed by atoms with Gasteiger partial charge in [-0.25, -0.2) is 10.0 Å². The molecule has 0 aliphatic rings. The van der Waals surface area contributed by atoms with Gasteiger partial charge in [-0.2, -0.15) is 0 Å². The Morgan fingerprint density at radius 2 is 0.900 bits per heavy atom. The Morgan fingerprint density at radius 1 is 0.600 bits per heavy atom. The molecule has 0 atom stereocenters. The van der Waals surface area contributed by atoms with Crippen LogP contribution >= 0.6 is 7.82 Å². The Bertz CT molecular complexity index is 430. The average molecular weight is 452 g/mol. The lowest BCUT2D eigenvalue weighted by Gasteiger charge is -2.05. The molecule has 0 rings (SSSR count). The monoisotopic (exact) mass is 451 g/mol. The van der Waals surface area contributed by atoms with E-state index in [0.717, 1.165) is 32.1 Å². The zero-order valence-corrected chi connectivity index (χ0v) is 19.8. The number of carbonyl (C=O) groups is 1. The molecule has 30 heavy (non-hydrogen) atoms. The molecule has 1 amide bonds. The minimum absolute atomic E-state index is 0.150. The van der Waals surface area contributed by atoms with Crippen LogP contribution in [0.5, 0.6) is 0 Å². The van der Waals surface area contributed by atoms with Gasteiger partial charge >= 0.3 is 7.82 Å². The number of nitrogens with one attached hydrogen (secondary N) is 1. The third kappa shape index (κ3) is 25.6. The lowest BCUT2D eigenvalue weighted by molar-refractivity contribution is -0.129. The highest BCUT2D eigenvalue weighted by Gasteiger charge is 2.12. The second-order valence-electron chi connectivity index (χ2n) is 8.33. The van der Waals surface area contributed by atoms with Crippen molar-refractivity contribution in [2.24, 2.45) is 0 Å². The molecule has 0 bridgehead atoms. The summed E-state index contributed by atoms with van der Waals surface area (Å²) in [6.45, 7) is 0.150. The first-order valence-corrected chi connectivity index (χ1v) is 13.6. The van der Waals surface area contributed by atoms with Crippen LogP contribution < -0.4 is 5.48 Å². The number of hydrogen-bond donors (Lipinski definition) is 4. The Labute approximate surface area is 183 Å². The first kappa shape index (κ1) is 29.5. The molecule has 0 heterocycles. The second-order valence-corrected chi connectivity index (χ2v) is 9.57. The van der Waals surface area contributed by atoms with Gasteiger partial charge < -0.3 is 9.79 Å². The Balaban J connectivity index is 3.07. The molecule has 0 aliphatic heterocycles. The van der Waals surface area contributed by atoms with Crippen molar-refractivity contribution in [1.82, 2.24) is 5.48 Å². The zero-order chi connectivity index (χ0) is 22.3. The first-order valence-electron chi connectivity index (χ1n) is 12.1. The van der Waals surface area contributed by atoms with Crippen LogP contribution in [0.3, 0.4) is 0 Å². The molecule has 0 saturated carbocycles. The highest BCUT2D eigenvalue weighted by molar-refractivity contribution is 7.46. The molecular weight excluding hydrogens is 405 g/mol. The molecule has 0 aromatic heterocycles. The molecule has 7 nitrogen and oxygen atoms in total. The normalized spacial score (nSPS) is 11.7. The summed E-state index contributed by atoms with van der Waals surface area (Å²) in [5, 5.41) is 8.40. The van der Waals surface area contributed by atoms with Gasteiger partial charge in [0.15, 0.2) is 0 Å². The van der Waals surface area contributed by atoms with Crippen LogP contribution in [-0.2, 0) is 13.9 Å². The zero-order valence-electron chi connectivity index (χ0n) is 18.9. The van der Waals surface area contributed by atoms with Crippen molar-refractivity contribution in [3.8, 4) is 0 Å². The van der Waals surface area contributed by atoms with Gasteiger partial charge in [0.1, 0.15) is 0 Å². The summed E-state index contributed by atoms with van der Waals surface area (Å²) in [5.74, 6) is -0.281. The summed E-state index contributed by atoms with van der Waals surface area (Å²) in [5.41, 5.74) is 1.67. The number of rotatable bonds is 23. The molecule has 0 unspecified atom stereocenters. The topological polar surface area (TPSA) is 116 Å². The van der Waals surface area contributed by atoms with Crippen LogP contribution in [0.25, 0.3) is 0 Å². The Kier molecular flexibility index (Phi) is 21.4. The van der Waals surface area contributed by atoms with Gasteiger partial charge in [-0.15, -0.1) is 0 Å². The fourth-order valence-electron chi connectivity index (χ4n) is 3.63. The average Bonchev–Trinajstić information content (AvgIpc) is 2.70. The molecule has 180 valence electrons. The number of phosphoric ester groups is 1. The number of unbranched alkanes of at least 4 members (excludes halogenated alkanes) is 18. The van der Waals surface area contributed by atoms with Crippen LogP contribution in [0.1, 0.15) is 128 Å². The van der Waals surface area contributed by atoms with Gasteiger partial charge in [-0.05, 0) is 12.8 Å². The van der Waals surface area contributed by atoms with Gasteiger partial charge in [-0.1, -0.05) is 109 Å². The van der Waals surface area contributed by atoms with Gasteiger partial charge in [0, 0.05) is 6.42 Å². The van der Waals surface area contributed by atoms with E-state index in [9.17, 15) is 9.36 Å². The molecule has 0 aromatic rings. The molecule has 0 aromatic carbocycles. The highest BCUT2D eigenvalue weighted by atomic mass is 31.2. The van der Waals surface area contributed by atoms with Crippen LogP contribution in [0, 0.1) is 0 Å². The van der Waals surface area contributed by atoms with Gasteiger partial charge in [0.2, 0.25) is 5.91 Å². The second kappa shape index (κ2) is 21.8. The molecule has 0 fully saturated rings. The number of hydrogen-bond acceptors (Lipinski definition) is 4. The predicted molar refractivity (Wildman–Crippen MR) is 120 cm³/mol. The van der Waals surface area contributed by atoms with Crippen molar-refractivity contribution in [3.63, 3.8) is 0 Å². The number of carbonyl (C=O) groups excluding carboxylic acids is 1. The molecule has 0 spiro atoms. The number of phosphoric acid groups is 1. The largest absolute Gasteiger partial charge is 0.469 e. The smallest absolute Gasteiger partial charge is 0.303 e. The van der Waals surface area contributed by atoms with Crippen molar-refractivity contribution >= 4 is 13.7 Å². The highest BCUT2D eigenvalue weighted by Crippen LogP contribution is 2.35. The summed E-state index contributed by atoms with van der Waals surface area (Å²) in [6.07, 6.45) is 23.4. The fraction of sp³-hybridized carbons (Fsp3) is 0.955. The summed E-state index contributed by atoms with van der Waals surface area (Å²) < 4.78 is 14.9. The Hall–Kier alpha value is -0.460. The van der Waals surface area contributed by atoms with E-state index >= 15 is 0 Å². The van der Waals surface area contributed by atoms with Gasteiger partial charge in [0.25, 0.3) is 0 Å². The van der Waals surface area contributed by atoms with Crippen LogP contribution in [0.15, 0.2) is 0 Å². The van der Waals surface area contributed by atoms with E-state index < -0.39 is 7.82 Å². The quantitative estimate of drug-likeness (QED) is 0.0618. The Morgan fingerprint density at radius 3 is 1.20 bits per heavy atom. The third-order valence-electron chi connectivity index (χ3n) is 5.43. The molecule has 8 heteroatoms. The van der Waals surface area contributed by atoms with Crippen LogP contribution in [0.4, 0.5) is 0 Å². The van der Waals surface area contributed by atoms with Crippen molar-refractivity contribution in [1.29, 1.82) is 0 Å². The lowest BCUT2D eigenvalue weighted by atomic mass is 10.0. The van der Waals surface area contributed by atoms with E-state index in [-0.39, 0.29) is 12.5 Å². The molecule has 0 radical (unpaired) electrons. The van der Waals surface area contributed by atoms with E-state index in [1.807, 2.05) is 0 Å². The first-order chi connectivity index (χ1) is 14.5. The van der Waals surface area contributed by atoms with E-state index in [2.05, 4.69) is 4.52 Å². The standard InChI is InChI=1S/C22H46NO6P/c24-22(23-25)20-18-16-14-12-10-8-6-4-2-1-3-5-7-9-11-13-15-17-19-21-29-30(26,27)28/h25H,1-21H2,(H,23,24)(H2,26,27,28). The predicted octanol–water partition coefficient (Wildman–Crippen LogP) is 6.40. The maximum absolute atomic E-state index is 10.9. The molecular formula is C22H46NO6P. The van der Waals surface area contributed by atoms with E-state index in [0.29, 0.717) is 6.42 Å². The van der Waals surface area contributed by atoms with Crippen LogP contribution in [0.2, 0.25) is 0 Å². The van der Waals surface area contributed by atoms with Gasteiger partial charge in [-0.3, -0.25) is 14.5 Å². The summed E-state index contributed by atoms with van der Waals surface area (Å²) in [6, 6.07) is 0. The minimum Gasteiger partial charge on any atom is -0.303 e.